The zero-order valence-electron chi connectivity index (χ0n) is 11.0. The number of pyridine rings is 1. The van der Waals surface area contributed by atoms with Crippen LogP contribution in [0.2, 0.25) is 0 Å². The van der Waals surface area contributed by atoms with E-state index in [2.05, 4.69) is 12.1 Å². The Balaban J connectivity index is 2.08. The van der Waals surface area contributed by atoms with Gasteiger partial charge in [-0.2, -0.15) is 5.26 Å². The van der Waals surface area contributed by atoms with E-state index >= 15 is 0 Å². The molecule has 0 bridgehead atoms. The third kappa shape index (κ3) is 3.11. The van der Waals surface area contributed by atoms with Crippen LogP contribution in [0, 0.1) is 18.3 Å². The zero-order chi connectivity index (χ0) is 13.7. The van der Waals surface area contributed by atoms with E-state index < -0.39 is 0 Å². The molecule has 2 aromatic rings. The Kier molecular flexibility index (Phi) is 4.15. The summed E-state index contributed by atoms with van der Waals surface area (Å²) in [6.45, 7) is 2.54. The fraction of sp³-hybridized carbons (Fsp3) is 0.250. The first-order valence-corrected chi connectivity index (χ1v) is 6.37. The second kappa shape index (κ2) is 6.01. The lowest BCUT2D eigenvalue weighted by Crippen LogP contribution is -2.24. The number of aryl methyl sites for hydroxylation is 2. The van der Waals surface area contributed by atoms with Crippen molar-refractivity contribution in [2.45, 2.75) is 26.3 Å². The van der Waals surface area contributed by atoms with E-state index in [4.69, 9.17) is 5.26 Å². The van der Waals surface area contributed by atoms with Crippen LogP contribution in [0.25, 0.3) is 0 Å². The zero-order valence-corrected chi connectivity index (χ0v) is 11.0. The van der Waals surface area contributed by atoms with Crippen LogP contribution in [-0.2, 0) is 13.0 Å². The second-order valence-corrected chi connectivity index (χ2v) is 4.55. The molecule has 0 unspecified atom stereocenters. The summed E-state index contributed by atoms with van der Waals surface area (Å²) in [6, 6.07) is 15.5. The highest BCUT2D eigenvalue weighted by Crippen LogP contribution is 2.05. The van der Waals surface area contributed by atoms with Crippen molar-refractivity contribution in [2.24, 2.45) is 0 Å². The van der Waals surface area contributed by atoms with Crippen molar-refractivity contribution >= 4 is 0 Å². The molecule has 0 N–H and O–H groups in total. The van der Waals surface area contributed by atoms with Gasteiger partial charge in [-0.25, -0.2) is 0 Å². The Morgan fingerprint density at radius 1 is 1.16 bits per heavy atom. The molecule has 0 aliphatic carbocycles. The molecular formula is C16H16N2O. The number of hydrogen-bond acceptors (Lipinski definition) is 2. The van der Waals surface area contributed by atoms with E-state index in [-0.39, 0.29) is 11.1 Å². The Labute approximate surface area is 112 Å². The quantitative estimate of drug-likeness (QED) is 0.839. The van der Waals surface area contributed by atoms with Crippen LogP contribution in [0.3, 0.4) is 0 Å². The fourth-order valence-electron chi connectivity index (χ4n) is 2.12. The van der Waals surface area contributed by atoms with Gasteiger partial charge >= 0.3 is 0 Å². The molecule has 0 fully saturated rings. The van der Waals surface area contributed by atoms with Crippen LogP contribution in [0.15, 0.2) is 47.3 Å². The topological polar surface area (TPSA) is 45.8 Å². The van der Waals surface area contributed by atoms with Crippen LogP contribution in [-0.4, -0.2) is 4.57 Å². The minimum absolute atomic E-state index is 0.185. The average molecular weight is 252 g/mol. The Morgan fingerprint density at radius 2 is 1.89 bits per heavy atom. The van der Waals surface area contributed by atoms with Gasteiger partial charge in [-0.15, -0.1) is 0 Å². The van der Waals surface area contributed by atoms with Gasteiger partial charge in [0.25, 0.3) is 5.56 Å². The third-order valence-electron chi connectivity index (χ3n) is 3.20. The molecule has 1 aromatic carbocycles. The normalized spacial score (nSPS) is 10.1. The third-order valence-corrected chi connectivity index (χ3v) is 3.20. The van der Waals surface area contributed by atoms with Crippen LogP contribution in [0.4, 0.5) is 0 Å². The monoisotopic (exact) mass is 252 g/mol. The average Bonchev–Trinajstić information content (AvgIpc) is 2.44. The van der Waals surface area contributed by atoms with E-state index in [0.717, 1.165) is 18.5 Å². The molecule has 19 heavy (non-hydrogen) atoms. The molecule has 1 aromatic heterocycles. The highest BCUT2D eigenvalue weighted by Gasteiger charge is 2.05. The van der Waals surface area contributed by atoms with E-state index in [9.17, 15) is 4.79 Å². The lowest BCUT2D eigenvalue weighted by atomic mass is 10.1. The second-order valence-electron chi connectivity index (χ2n) is 4.55. The van der Waals surface area contributed by atoms with Gasteiger partial charge in [0.05, 0.1) is 0 Å². The van der Waals surface area contributed by atoms with Crippen LogP contribution >= 0.6 is 0 Å². The predicted molar refractivity (Wildman–Crippen MR) is 74.9 cm³/mol. The first-order chi connectivity index (χ1) is 9.22. The van der Waals surface area contributed by atoms with Gasteiger partial charge in [0.1, 0.15) is 11.6 Å². The SMILES string of the molecule is Cc1ccc(C#N)c(=O)n1CCCc1ccccc1. The maximum atomic E-state index is 12.0. The van der Waals surface area contributed by atoms with Gasteiger partial charge in [-0.3, -0.25) is 4.79 Å². The summed E-state index contributed by atoms with van der Waals surface area (Å²) < 4.78 is 1.68. The summed E-state index contributed by atoms with van der Waals surface area (Å²) >= 11 is 0. The maximum Gasteiger partial charge on any atom is 0.268 e. The van der Waals surface area contributed by atoms with Crippen molar-refractivity contribution in [3.05, 3.63) is 69.6 Å². The Bertz CT molecular complexity index is 651. The van der Waals surface area contributed by atoms with Crippen molar-refractivity contribution < 1.29 is 0 Å². The molecule has 0 amide bonds. The molecular weight excluding hydrogens is 236 g/mol. The summed E-state index contributed by atoms with van der Waals surface area (Å²) in [6.07, 6.45) is 1.82. The first kappa shape index (κ1) is 13.1. The summed E-state index contributed by atoms with van der Waals surface area (Å²) in [4.78, 5) is 12.0. The number of rotatable bonds is 4. The Morgan fingerprint density at radius 3 is 2.58 bits per heavy atom. The molecule has 0 saturated heterocycles. The van der Waals surface area contributed by atoms with Gasteiger partial charge in [-0.05, 0) is 37.5 Å². The molecule has 0 saturated carbocycles. The molecule has 96 valence electrons. The molecule has 0 spiro atoms. The van der Waals surface area contributed by atoms with Crippen LogP contribution in [0.5, 0.6) is 0 Å². The summed E-state index contributed by atoms with van der Waals surface area (Å²) in [7, 11) is 0. The highest BCUT2D eigenvalue weighted by molar-refractivity contribution is 5.27. The number of hydrogen-bond donors (Lipinski definition) is 0. The van der Waals surface area contributed by atoms with Crippen molar-refractivity contribution in [3.63, 3.8) is 0 Å². The number of aromatic nitrogens is 1. The number of benzene rings is 1. The van der Waals surface area contributed by atoms with Crippen LogP contribution < -0.4 is 5.56 Å². The highest BCUT2D eigenvalue weighted by atomic mass is 16.1. The molecule has 3 heteroatoms. The number of nitrogens with zero attached hydrogens (tertiary/aromatic N) is 2. The lowest BCUT2D eigenvalue weighted by Gasteiger charge is -2.10. The molecule has 3 nitrogen and oxygen atoms in total. The summed E-state index contributed by atoms with van der Waals surface area (Å²) in [5, 5.41) is 8.87. The standard InChI is InChI=1S/C16H16N2O/c1-13-9-10-15(12-17)16(19)18(13)11-5-8-14-6-3-2-4-7-14/h2-4,6-7,9-10H,5,8,11H2,1H3. The fourth-order valence-corrected chi connectivity index (χ4v) is 2.12. The van der Waals surface area contributed by atoms with E-state index in [1.165, 1.54) is 5.56 Å². The summed E-state index contributed by atoms with van der Waals surface area (Å²) in [5.41, 5.74) is 2.20. The van der Waals surface area contributed by atoms with Crippen molar-refractivity contribution in [1.29, 1.82) is 5.26 Å². The minimum atomic E-state index is -0.185. The van der Waals surface area contributed by atoms with Crippen molar-refractivity contribution in [3.8, 4) is 6.07 Å². The van der Waals surface area contributed by atoms with E-state index in [1.807, 2.05) is 37.3 Å². The molecule has 0 aliphatic heterocycles. The predicted octanol–water partition coefficient (Wildman–Crippen LogP) is 2.66. The maximum absolute atomic E-state index is 12.0. The molecule has 0 atom stereocenters. The van der Waals surface area contributed by atoms with Gasteiger partial charge < -0.3 is 4.57 Å². The van der Waals surface area contributed by atoms with Gasteiger partial charge in [0.2, 0.25) is 0 Å². The van der Waals surface area contributed by atoms with Gasteiger partial charge in [0, 0.05) is 12.2 Å². The van der Waals surface area contributed by atoms with Crippen molar-refractivity contribution in [2.75, 3.05) is 0 Å². The smallest absolute Gasteiger partial charge is 0.268 e. The molecule has 0 radical (unpaired) electrons. The van der Waals surface area contributed by atoms with E-state index in [1.54, 1.807) is 10.6 Å². The summed E-state index contributed by atoms with van der Waals surface area (Å²) in [5.74, 6) is 0. The number of nitriles is 1. The van der Waals surface area contributed by atoms with Crippen molar-refractivity contribution in [1.82, 2.24) is 4.57 Å². The largest absolute Gasteiger partial charge is 0.312 e. The first-order valence-electron chi connectivity index (χ1n) is 6.37. The molecule has 0 aliphatic rings. The Hall–Kier alpha value is -2.34. The molecule has 2 rings (SSSR count). The van der Waals surface area contributed by atoms with Gasteiger partial charge in [0.15, 0.2) is 0 Å². The minimum Gasteiger partial charge on any atom is -0.312 e. The van der Waals surface area contributed by atoms with Gasteiger partial charge in [-0.1, -0.05) is 30.3 Å². The lowest BCUT2D eigenvalue weighted by molar-refractivity contribution is 0.606. The van der Waals surface area contributed by atoms with Crippen LogP contribution in [0.1, 0.15) is 23.2 Å². The molecule has 1 heterocycles. The van der Waals surface area contributed by atoms with E-state index in [0.29, 0.717) is 6.54 Å².